The van der Waals surface area contributed by atoms with Gasteiger partial charge in [0.1, 0.15) is 6.29 Å². The molecular formula is C18H19NO. The van der Waals surface area contributed by atoms with Crippen molar-refractivity contribution in [2.45, 2.75) is 25.7 Å². The van der Waals surface area contributed by atoms with Gasteiger partial charge >= 0.3 is 0 Å². The van der Waals surface area contributed by atoms with Crippen LogP contribution >= 0.6 is 0 Å². The second-order valence-corrected chi connectivity index (χ2v) is 7.26. The van der Waals surface area contributed by atoms with E-state index in [0.717, 1.165) is 29.9 Å². The summed E-state index contributed by atoms with van der Waals surface area (Å²) < 4.78 is 0. The maximum absolute atomic E-state index is 12.1. The summed E-state index contributed by atoms with van der Waals surface area (Å²) in [6.07, 6.45) is 10.7. The Morgan fingerprint density at radius 1 is 1.25 bits per heavy atom. The molecule has 1 aromatic heterocycles. The second-order valence-electron chi connectivity index (χ2n) is 7.26. The first kappa shape index (κ1) is 11.2. The largest absolute Gasteiger partial charge is 0.302 e. The van der Waals surface area contributed by atoms with E-state index in [1.54, 1.807) is 0 Å². The van der Waals surface area contributed by atoms with Crippen molar-refractivity contribution in [1.29, 1.82) is 0 Å². The predicted octanol–water partition coefficient (Wildman–Crippen LogP) is 3.35. The number of fused-ring (bicyclic) bond motifs is 9. The Hall–Kier alpha value is -1.44. The quantitative estimate of drug-likeness (QED) is 0.606. The van der Waals surface area contributed by atoms with E-state index in [2.05, 4.69) is 17.1 Å². The molecule has 1 heterocycles. The van der Waals surface area contributed by atoms with Crippen LogP contribution in [0, 0.1) is 35.0 Å². The molecule has 5 rings (SSSR count). The smallest absolute Gasteiger partial charge is 0.130 e. The molecule has 0 aliphatic heterocycles. The lowest BCUT2D eigenvalue weighted by Crippen LogP contribution is -2.36. The molecule has 4 bridgehead atoms. The zero-order valence-corrected chi connectivity index (χ0v) is 11.5. The van der Waals surface area contributed by atoms with Crippen LogP contribution in [0.15, 0.2) is 30.5 Å². The van der Waals surface area contributed by atoms with E-state index in [1.807, 2.05) is 18.3 Å². The maximum atomic E-state index is 12.1. The third kappa shape index (κ3) is 1.13. The van der Waals surface area contributed by atoms with Crippen molar-refractivity contribution in [1.82, 2.24) is 4.98 Å². The molecule has 0 spiro atoms. The van der Waals surface area contributed by atoms with E-state index in [9.17, 15) is 4.79 Å². The first-order valence-electron chi connectivity index (χ1n) is 7.93. The van der Waals surface area contributed by atoms with Gasteiger partial charge in [-0.3, -0.25) is 4.98 Å². The Morgan fingerprint density at radius 3 is 2.95 bits per heavy atom. The number of aromatic nitrogens is 1. The Labute approximate surface area is 119 Å². The topological polar surface area (TPSA) is 30.0 Å². The lowest BCUT2D eigenvalue weighted by molar-refractivity contribution is -0.115. The molecule has 1 aromatic rings. The minimum Gasteiger partial charge on any atom is -0.302 e. The minimum absolute atomic E-state index is 0.205. The fourth-order valence-electron chi connectivity index (χ4n) is 6.24. The van der Waals surface area contributed by atoms with Crippen LogP contribution in [0.3, 0.4) is 0 Å². The summed E-state index contributed by atoms with van der Waals surface area (Å²) in [5, 5.41) is 0. The molecule has 2 heteroatoms. The highest BCUT2D eigenvalue weighted by Crippen LogP contribution is 2.72. The third-order valence-electron chi connectivity index (χ3n) is 6.68. The van der Waals surface area contributed by atoms with Gasteiger partial charge < -0.3 is 4.79 Å². The molecular weight excluding hydrogens is 246 g/mol. The van der Waals surface area contributed by atoms with Crippen LogP contribution in [0.5, 0.6) is 0 Å². The summed E-state index contributed by atoms with van der Waals surface area (Å²) in [5.74, 6) is 3.75. The van der Waals surface area contributed by atoms with E-state index in [4.69, 9.17) is 0 Å². The minimum atomic E-state index is -0.205. The van der Waals surface area contributed by atoms with Crippen LogP contribution in [0.1, 0.15) is 31.4 Å². The van der Waals surface area contributed by atoms with Crippen LogP contribution in [-0.4, -0.2) is 11.3 Å². The zero-order valence-electron chi connectivity index (χ0n) is 11.5. The van der Waals surface area contributed by atoms with Gasteiger partial charge in [0, 0.05) is 6.20 Å². The molecule has 6 unspecified atom stereocenters. The predicted molar refractivity (Wildman–Crippen MR) is 76.6 cm³/mol. The van der Waals surface area contributed by atoms with Gasteiger partial charge in [-0.2, -0.15) is 0 Å². The van der Waals surface area contributed by atoms with Gasteiger partial charge in [-0.1, -0.05) is 12.1 Å². The first-order valence-corrected chi connectivity index (χ1v) is 7.93. The van der Waals surface area contributed by atoms with Crippen LogP contribution in [-0.2, 0) is 4.79 Å². The molecule has 4 aliphatic carbocycles. The molecule has 6 atom stereocenters. The number of rotatable bonds is 2. The summed E-state index contributed by atoms with van der Waals surface area (Å²) in [6, 6.07) is 6.05. The van der Waals surface area contributed by atoms with E-state index in [0.29, 0.717) is 11.8 Å². The van der Waals surface area contributed by atoms with Gasteiger partial charge in [-0.05, 0) is 73.0 Å². The standard InChI is InChI=1S/C18H19NO/c20-10-18-9-13(8-14(18)15-3-1-2-6-19-15)16-11-4-5-12(7-11)17(16)18/h1-3,6,8,10-13,16-17H,4-5,7,9H2. The number of hydrogen-bond donors (Lipinski definition) is 0. The number of pyridine rings is 1. The highest BCUT2D eigenvalue weighted by atomic mass is 16.1. The van der Waals surface area contributed by atoms with Crippen molar-refractivity contribution in [3.05, 3.63) is 36.2 Å². The van der Waals surface area contributed by atoms with Gasteiger partial charge in [0.2, 0.25) is 0 Å². The Kier molecular flexibility index (Phi) is 2.03. The fraction of sp³-hybridized carbons (Fsp3) is 0.556. The van der Waals surface area contributed by atoms with Crippen molar-refractivity contribution in [2.24, 2.45) is 35.0 Å². The summed E-state index contributed by atoms with van der Waals surface area (Å²) in [6.45, 7) is 0. The second kappa shape index (κ2) is 3.60. The number of allylic oxidation sites excluding steroid dienone is 2. The molecule has 0 aromatic carbocycles. The SMILES string of the molecule is O=CC12CC(C=C1c1ccccn1)C1C3CCC(C3)C12. The van der Waals surface area contributed by atoms with Gasteiger partial charge in [0.15, 0.2) is 0 Å². The highest BCUT2D eigenvalue weighted by Gasteiger charge is 2.67. The van der Waals surface area contributed by atoms with Gasteiger partial charge in [-0.25, -0.2) is 0 Å². The average molecular weight is 265 g/mol. The lowest BCUT2D eigenvalue weighted by Gasteiger charge is -2.39. The van der Waals surface area contributed by atoms with E-state index >= 15 is 0 Å². The Balaban J connectivity index is 1.66. The van der Waals surface area contributed by atoms with Gasteiger partial charge in [0.25, 0.3) is 0 Å². The molecule has 4 aliphatic rings. The number of nitrogens with zero attached hydrogens (tertiary/aromatic N) is 1. The molecule has 2 nitrogen and oxygen atoms in total. The van der Waals surface area contributed by atoms with Crippen LogP contribution in [0.4, 0.5) is 0 Å². The molecule has 0 N–H and O–H groups in total. The molecule has 20 heavy (non-hydrogen) atoms. The number of hydrogen-bond acceptors (Lipinski definition) is 2. The fourth-order valence-corrected chi connectivity index (χ4v) is 6.24. The number of aldehydes is 1. The monoisotopic (exact) mass is 265 g/mol. The average Bonchev–Trinajstić information content (AvgIpc) is 3.25. The normalized spacial score (nSPS) is 47.4. The number of carbonyl (C=O) groups excluding carboxylic acids is 1. The highest BCUT2D eigenvalue weighted by molar-refractivity contribution is 5.88. The molecule has 3 fully saturated rings. The zero-order chi connectivity index (χ0) is 13.3. The molecule has 0 radical (unpaired) electrons. The summed E-state index contributed by atoms with van der Waals surface area (Å²) in [4.78, 5) is 16.6. The lowest BCUT2D eigenvalue weighted by atomic mass is 9.63. The summed E-state index contributed by atoms with van der Waals surface area (Å²) in [7, 11) is 0. The van der Waals surface area contributed by atoms with Gasteiger partial charge in [-0.15, -0.1) is 0 Å². The van der Waals surface area contributed by atoms with Crippen LogP contribution in [0.2, 0.25) is 0 Å². The molecule has 102 valence electrons. The van der Waals surface area contributed by atoms with Crippen molar-refractivity contribution in [3.8, 4) is 0 Å². The Morgan fingerprint density at radius 2 is 2.15 bits per heavy atom. The number of carbonyl (C=O) groups is 1. The summed E-state index contributed by atoms with van der Waals surface area (Å²) >= 11 is 0. The molecule has 3 saturated carbocycles. The van der Waals surface area contributed by atoms with Crippen molar-refractivity contribution in [2.75, 3.05) is 0 Å². The first-order chi connectivity index (χ1) is 9.83. The third-order valence-corrected chi connectivity index (χ3v) is 6.68. The maximum Gasteiger partial charge on any atom is 0.130 e. The molecule has 0 saturated heterocycles. The molecule has 0 amide bonds. The van der Waals surface area contributed by atoms with Crippen molar-refractivity contribution >= 4 is 11.9 Å². The van der Waals surface area contributed by atoms with Gasteiger partial charge in [0.05, 0.1) is 11.1 Å². The van der Waals surface area contributed by atoms with E-state index in [1.165, 1.54) is 31.1 Å². The van der Waals surface area contributed by atoms with Crippen LogP contribution in [0.25, 0.3) is 5.57 Å². The van der Waals surface area contributed by atoms with E-state index in [-0.39, 0.29) is 5.41 Å². The summed E-state index contributed by atoms with van der Waals surface area (Å²) in [5.41, 5.74) is 2.07. The van der Waals surface area contributed by atoms with Crippen molar-refractivity contribution in [3.63, 3.8) is 0 Å². The van der Waals surface area contributed by atoms with E-state index < -0.39 is 0 Å². The van der Waals surface area contributed by atoms with Crippen LogP contribution < -0.4 is 0 Å². The Bertz CT molecular complexity index is 607. The van der Waals surface area contributed by atoms with Crippen molar-refractivity contribution < 1.29 is 4.79 Å².